The summed E-state index contributed by atoms with van der Waals surface area (Å²) in [5.74, 6) is 0.731. The third kappa shape index (κ3) is 5.60. The standard InChI is InChI=1S/C22H21ClN2O2S2/c23-16-6-3-5-15(11-16)12-18-13-24-22(29-18)25-21(26)19-8-1-2-9-20(19)28-14-17-7-4-10-27-17/h1-3,5-6,8-9,11,13,17H,4,7,10,12,14H2,(H,24,25,26)/t17-/m1/s1. The average molecular weight is 445 g/mol. The number of carbonyl (C=O) groups is 1. The molecule has 0 saturated carbocycles. The lowest BCUT2D eigenvalue weighted by Crippen LogP contribution is -2.13. The molecule has 1 amide bonds. The van der Waals surface area contributed by atoms with E-state index in [0.29, 0.717) is 10.7 Å². The van der Waals surface area contributed by atoms with E-state index in [0.717, 1.165) is 52.0 Å². The van der Waals surface area contributed by atoms with E-state index in [9.17, 15) is 4.79 Å². The van der Waals surface area contributed by atoms with Crippen molar-refractivity contribution in [1.82, 2.24) is 4.98 Å². The summed E-state index contributed by atoms with van der Waals surface area (Å²) in [5.41, 5.74) is 1.79. The van der Waals surface area contributed by atoms with Gasteiger partial charge in [-0.15, -0.1) is 23.1 Å². The zero-order chi connectivity index (χ0) is 20.1. The van der Waals surface area contributed by atoms with E-state index in [4.69, 9.17) is 16.3 Å². The second kappa shape index (κ2) is 9.76. The first kappa shape index (κ1) is 20.4. The maximum absolute atomic E-state index is 12.8. The summed E-state index contributed by atoms with van der Waals surface area (Å²) in [4.78, 5) is 19.2. The van der Waals surface area contributed by atoms with Gasteiger partial charge in [0, 0.05) is 39.8 Å². The summed E-state index contributed by atoms with van der Waals surface area (Å²) in [6, 6.07) is 15.5. The van der Waals surface area contributed by atoms with E-state index in [1.807, 2.05) is 48.5 Å². The first-order valence-corrected chi connectivity index (χ1v) is 11.7. The van der Waals surface area contributed by atoms with Crippen LogP contribution in [-0.2, 0) is 11.2 Å². The molecule has 1 atom stereocenters. The largest absolute Gasteiger partial charge is 0.377 e. The normalized spacial score (nSPS) is 16.1. The molecule has 2 aromatic carbocycles. The molecule has 0 bridgehead atoms. The fraction of sp³-hybridized carbons (Fsp3) is 0.273. The molecule has 4 rings (SSSR count). The molecule has 150 valence electrons. The van der Waals surface area contributed by atoms with Crippen LogP contribution in [0.25, 0.3) is 0 Å². The number of aromatic nitrogens is 1. The highest BCUT2D eigenvalue weighted by molar-refractivity contribution is 7.99. The molecule has 1 aromatic heterocycles. The predicted octanol–water partition coefficient (Wildman–Crippen LogP) is 5.91. The van der Waals surface area contributed by atoms with Gasteiger partial charge in [0.25, 0.3) is 5.91 Å². The van der Waals surface area contributed by atoms with Gasteiger partial charge in [0.1, 0.15) is 0 Å². The van der Waals surface area contributed by atoms with Crippen LogP contribution in [0.15, 0.2) is 59.6 Å². The molecular weight excluding hydrogens is 424 g/mol. The molecule has 4 nitrogen and oxygen atoms in total. The highest BCUT2D eigenvalue weighted by Crippen LogP contribution is 2.28. The zero-order valence-corrected chi connectivity index (χ0v) is 18.2. The number of thiazole rings is 1. The van der Waals surface area contributed by atoms with E-state index in [2.05, 4.69) is 10.3 Å². The van der Waals surface area contributed by atoms with Crippen molar-refractivity contribution in [2.75, 3.05) is 17.7 Å². The van der Waals surface area contributed by atoms with Gasteiger partial charge in [0.2, 0.25) is 0 Å². The van der Waals surface area contributed by atoms with E-state index in [1.165, 1.54) is 11.3 Å². The van der Waals surface area contributed by atoms with Crippen LogP contribution < -0.4 is 5.32 Å². The van der Waals surface area contributed by atoms with Crippen LogP contribution in [0, 0.1) is 0 Å². The van der Waals surface area contributed by atoms with Crippen molar-refractivity contribution in [1.29, 1.82) is 0 Å². The summed E-state index contributed by atoms with van der Waals surface area (Å²) >= 11 is 9.22. The van der Waals surface area contributed by atoms with Gasteiger partial charge >= 0.3 is 0 Å². The molecule has 0 unspecified atom stereocenters. The Balaban J connectivity index is 1.40. The number of nitrogens with one attached hydrogen (secondary N) is 1. The Morgan fingerprint density at radius 2 is 2.17 bits per heavy atom. The molecule has 1 N–H and O–H groups in total. The number of amides is 1. The smallest absolute Gasteiger partial charge is 0.258 e. The summed E-state index contributed by atoms with van der Waals surface area (Å²) in [5, 5.41) is 4.26. The van der Waals surface area contributed by atoms with Crippen LogP contribution in [-0.4, -0.2) is 29.4 Å². The molecule has 1 aliphatic rings. The van der Waals surface area contributed by atoms with Gasteiger partial charge in [-0.05, 0) is 42.7 Å². The van der Waals surface area contributed by atoms with Crippen molar-refractivity contribution in [3.63, 3.8) is 0 Å². The monoisotopic (exact) mass is 444 g/mol. The van der Waals surface area contributed by atoms with E-state index in [-0.39, 0.29) is 12.0 Å². The number of nitrogens with zero attached hydrogens (tertiary/aromatic N) is 1. The van der Waals surface area contributed by atoms with Gasteiger partial charge < -0.3 is 4.74 Å². The maximum atomic E-state index is 12.8. The second-order valence-corrected chi connectivity index (χ2v) is 9.45. The molecular formula is C22H21ClN2O2S2. The van der Waals surface area contributed by atoms with Crippen molar-refractivity contribution in [2.45, 2.75) is 30.3 Å². The minimum Gasteiger partial charge on any atom is -0.377 e. The number of hydrogen-bond donors (Lipinski definition) is 1. The lowest BCUT2D eigenvalue weighted by Gasteiger charge is -2.11. The lowest BCUT2D eigenvalue weighted by molar-refractivity contribution is 0.102. The van der Waals surface area contributed by atoms with Crippen molar-refractivity contribution in [2.24, 2.45) is 0 Å². The summed E-state index contributed by atoms with van der Waals surface area (Å²) in [7, 11) is 0. The number of halogens is 1. The summed E-state index contributed by atoms with van der Waals surface area (Å²) < 4.78 is 5.69. The molecule has 0 spiro atoms. The van der Waals surface area contributed by atoms with Crippen molar-refractivity contribution < 1.29 is 9.53 Å². The Hall–Kier alpha value is -1.86. The molecule has 2 heterocycles. The second-order valence-electron chi connectivity index (χ2n) is 6.83. The lowest BCUT2D eigenvalue weighted by atomic mass is 10.1. The Morgan fingerprint density at radius 1 is 1.28 bits per heavy atom. The van der Waals surface area contributed by atoms with Gasteiger partial charge in [-0.25, -0.2) is 4.98 Å². The van der Waals surface area contributed by atoms with E-state index >= 15 is 0 Å². The van der Waals surface area contributed by atoms with Gasteiger partial charge in [-0.1, -0.05) is 35.9 Å². The minimum absolute atomic E-state index is 0.135. The van der Waals surface area contributed by atoms with Gasteiger partial charge in [0.15, 0.2) is 5.13 Å². The predicted molar refractivity (Wildman–Crippen MR) is 120 cm³/mol. The molecule has 3 aromatic rings. The molecule has 7 heteroatoms. The first-order valence-electron chi connectivity index (χ1n) is 9.51. The number of benzene rings is 2. The maximum Gasteiger partial charge on any atom is 0.258 e. The number of hydrogen-bond acceptors (Lipinski definition) is 5. The molecule has 0 radical (unpaired) electrons. The van der Waals surface area contributed by atoms with Gasteiger partial charge in [-0.3, -0.25) is 10.1 Å². The number of ether oxygens (including phenoxy) is 1. The fourth-order valence-corrected chi connectivity index (χ4v) is 5.37. The Kier molecular flexibility index (Phi) is 6.87. The van der Waals surface area contributed by atoms with Crippen LogP contribution in [0.5, 0.6) is 0 Å². The summed E-state index contributed by atoms with van der Waals surface area (Å²) in [6.07, 6.45) is 5.04. The molecule has 0 aliphatic carbocycles. The third-order valence-electron chi connectivity index (χ3n) is 4.62. The number of carbonyl (C=O) groups excluding carboxylic acids is 1. The van der Waals surface area contributed by atoms with E-state index < -0.39 is 0 Å². The Bertz CT molecular complexity index is 986. The Labute approximate surface area is 183 Å². The minimum atomic E-state index is -0.135. The molecule has 29 heavy (non-hydrogen) atoms. The number of rotatable bonds is 7. The highest BCUT2D eigenvalue weighted by atomic mass is 35.5. The zero-order valence-electron chi connectivity index (χ0n) is 15.8. The van der Waals surface area contributed by atoms with Crippen LogP contribution in [0.2, 0.25) is 5.02 Å². The Morgan fingerprint density at radius 3 is 3.00 bits per heavy atom. The molecule has 1 aliphatic heterocycles. The molecule has 1 saturated heterocycles. The van der Waals surface area contributed by atoms with E-state index in [1.54, 1.807) is 18.0 Å². The van der Waals surface area contributed by atoms with Crippen LogP contribution in [0.3, 0.4) is 0 Å². The van der Waals surface area contributed by atoms with Crippen LogP contribution in [0.1, 0.15) is 33.6 Å². The van der Waals surface area contributed by atoms with Crippen molar-refractivity contribution >= 4 is 45.7 Å². The topological polar surface area (TPSA) is 51.2 Å². The number of thioether (sulfide) groups is 1. The third-order valence-corrected chi connectivity index (χ3v) is 6.98. The van der Waals surface area contributed by atoms with Crippen LogP contribution >= 0.6 is 34.7 Å². The quantitative estimate of drug-likeness (QED) is 0.460. The number of anilines is 1. The van der Waals surface area contributed by atoms with Crippen molar-refractivity contribution in [3.8, 4) is 0 Å². The average Bonchev–Trinajstić information content (AvgIpc) is 3.39. The fourth-order valence-electron chi connectivity index (χ4n) is 3.20. The van der Waals surface area contributed by atoms with Gasteiger partial charge in [0.05, 0.1) is 11.7 Å². The molecule has 1 fully saturated rings. The van der Waals surface area contributed by atoms with Crippen molar-refractivity contribution in [3.05, 3.63) is 75.8 Å². The summed E-state index contributed by atoms with van der Waals surface area (Å²) in [6.45, 7) is 0.842. The SMILES string of the molecule is O=C(Nc1ncc(Cc2cccc(Cl)c2)s1)c1ccccc1SC[C@H]1CCCO1. The highest BCUT2D eigenvalue weighted by Gasteiger charge is 2.18. The van der Waals surface area contributed by atoms with Gasteiger partial charge in [-0.2, -0.15) is 0 Å². The van der Waals surface area contributed by atoms with Crippen LogP contribution in [0.4, 0.5) is 5.13 Å². The first-order chi connectivity index (χ1) is 14.2.